The van der Waals surface area contributed by atoms with Crippen molar-refractivity contribution in [1.82, 2.24) is 20.4 Å². The molecule has 1 aromatic carbocycles. The molecule has 0 aliphatic rings. The van der Waals surface area contributed by atoms with E-state index in [1.807, 2.05) is 30.3 Å². The van der Waals surface area contributed by atoms with E-state index in [9.17, 15) is 13.2 Å². The molecule has 0 saturated carbocycles. The zero-order valence-electron chi connectivity index (χ0n) is 14.0. The number of alkyl halides is 3. The number of thioether (sulfide) groups is 1. The summed E-state index contributed by atoms with van der Waals surface area (Å²) in [6.45, 7) is 0.632. The number of guanidine groups is 1. The molecule has 9 heteroatoms. The van der Waals surface area contributed by atoms with Crippen LogP contribution in [0.2, 0.25) is 0 Å². The van der Waals surface area contributed by atoms with Gasteiger partial charge in [-0.2, -0.15) is 18.3 Å². The number of benzene rings is 1. The first-order valence-corrected chi connectivity index (χ1v) is 8.61. The zero-order chi connectivity index (χ0) is 18.3. The maximum Gasteiger partial charge on any atom is 0.435 e. The second kappa shape index (κ2) is 8.80. The van der Waals surface area contributed by atoms with Crippen LogP contribution in [0.1, 0.15) is 11.3 Å². The third kappa shape index (κ3) is 6.00. The van der Waals surface area contributed by atoms with E-state index in [4.69, 9.17) is 0 Å². The van der Waals surface area contributed by atoms with Gasteiger partial charge in [0.05, 0.1) is 0 Å². The van der Waals surface area contributed by atoms with Crippen LogP contribution in [0.15, 0.2) is 46.4 Å². The van der Waals surface area contributed by atoms with Crippen molar-refractivity contribution in [2.24, 2.45) is 12.0 Å². The van der Waals surface area contributed by atoms with Crippen LogP contribution in [0.25, 0.3) is 0 Å². The van der Waals surface area contributed by atoms with Gasteiger partial charge >= 0.3 is 6.18 Å². The maximum atomic E-state index is 12.9. The van der Waals surface area contributed by atoms with Gasteiger partial charge < -0.3 is 10.6 Å². The molecule has 0 fully saturated rings. The number of aromatic nitrogens is 2. The Morgan fingerprint density at radius 2 is 1.96 bits per heavy atom. The molecule has 0 unspecified atom stereocenters. The fourth-order valence-electron chi connectivity index (χ4n) is 2.16. The van der Waals surface area contributed by atoms with Crippen LogP contribution >= 0.6 is 11.8 Å². The number of hydrogen-bond donors (Lipinski definition) is 2. The van der Waals surface area contributed by atoms with Crippen molar-refractivity contribution in [2.45, 2.75) is 17.6 Å². The quantitative estimate of drug-likeness (QED) is 0.355. The number of nitrogens with one attached hydrogen (secondary N) is 2. The molecule has 0 saturated heterocycles. The third-order valence-corrected chi connectivity index (χ3v) is 4.26. The number of hydrogen-bond acceptors (Lipinski definition) is 3. The molecule has 2 N–H and O–H groups in total. The smallest absolute Gasteiger partial charge is 0.356 e. The highest BCUT2D eigenvalue weighted by molar-refractivity contribution is 7.99. The van der Waals surface area contributed by atoms with E-state index < -0.39 is 11.9 Å². The second-order valence-corrected chi connectivity index (χ2v) is 6.36. The van der Waals surface area contributed by atoms with Crippen molar-refractivity contribution in [2.75, 3.05) is 19.3 Å². The van der Waals surface area contributed by atoms with E-state index >= 15 is 0 Å². The summed E-state index contributed by atoms with van der Waals surface area (Å²) in [4.78, 5) is 5.19. The van der Waals surface area contributed by atoms with Crippen LogP contribution in [0.4, 0.5) is 13.2 Å². The maximum absolute atomic E-state index is 12.9. The van der Waals surface area contributed by atoms with E-state index in [1.165, 1.54) is 13.2 Å². The Morgan fingerprint density at radius 3 is 2.60 bits per heavy atom. The Morgan fingerprint density at radius 1 is 1.24 bits per heavy atom. The molecule has 0 aliphatic carbocycles. The van der Waals surface area contributed by atoms with Gasteiger partial charge in [0.1, 0.15) is 0 Å². The molecule has 2 rings (SSSR count). The Bertz CT molecular complexity index is 698. The second-order valence-electron chi connectivity index (χ2n) is 5.19. The summed E-state index contributed by atoms with van der Waals surface area (Å²) in [5.74, 6) is 1.26. The Kier molecular flexibility index (Phi) is 6.74. The first-order chi connectivity index (χ1) is 11.9. The van der Waals surface area contributed by atoms with Crippen molar-refractivity contribution in [3.05, 3.63) is 47.8 Å². The SMILES string of the molecule is CN=C(NCCSc1ccccc1)NCc1cn(C)nc1C(F)(F)F. The van der Waals surface area contributed by atoms with Crippen LogP contribution in [-0.4, -0.2) is 35.1 Å². The first-order valence-electron chi connectivity index (χ1n) is 7.62. The average Bonchev–Trinajstić information content (AvgIpc) is 2.96. The summed E-state index contributed by atoms with van der Waals surface area (Å²) < 4.78 is 39.9. The van der Waals surface area contributed by atoms with Crippen molar-refractivity contribution in [3.8, 4) is 0 Å². The normalized spacial score (nSPS) is 12.3. The van der Waals surface area contributed by atoms with E-state index in [1.54, 1.807) is 18.8 Å². The molecular weight excluding hydrogens is 351 g/mol. The summed E-state index contributed by atoms with van der Waals surface area (Å²) in [5.41, 5.74) is -0.797. The monoisotopic (exact) mass is 371 g/mol. The Balaban J connectivity index is 1.81. The van der Waals surface area contributed by atoms with Crippen LogP contribution in [0.5, 0.6) is 0 Å². The Labute approximate surface area is 148 Å². The minimum absolute atomic E-state index is 0.00577. The molecule has 0 radical (unpaired) electrons. The molecule has 0 amide bonds. The fourth-order valence-corrected chi connectivity index (χ4v) is 2.95. The van der Waals surface area contributed by atoms with Gasteiger partial charge in [-0.3, -0.25) is 9.67 Å². The van der Waals surface area contributed by atoms with Gasteiger partial charge in [-0.25, -0.2) is 0 Å². The summed E-state index contributed by atoms with van der Waals surface area (Å²) in [6.07, 6.45) is -3.12. The zero-order valence-corrected chi connectivity index (χ0v) is 14.8. The fraction of sp³-hybridized carbons (Fsp3) is 0.375. The van der Waals surface area contributed by atoms with Gasteiger partial charge in [-0.05, 0) is 12.1 Å². The summed E-state index contributed by atoms with van der Waals surface area (Å²) in [5, 5.41) is 9.45. The first kappa shape index (κ1) is 19.2. The number of halogens is 3. The molecule has 5 nitrogen and oxygen atoms in total. The molecule has 0 atom stereocenters. The number of aliphatic imine (C=N–C) groups is 1. The predicted octanol–water partition coefficient (Wildman–Crippen LogP) is 2.90. The largest absolute Gasteiger partial charge is 0.435 e. The molecular formula is C16H20F3N5S. The summed E-state index contributed by atoms with van der Waals surface area (Å²) in [7, 11) is 3.04. The van der Waals surface area contributed by atoms with Crippen molar-refractivity contribution >= 4 is 17.7 Å². The molecule has 1 heterocycles. The lowest BCUT2D eigenvalue weighted by Gasteiger charge is -2.12. The van der Waals surface area contributed by atoms with Crippen molar-refractivity contribution < 1.29 is 13.2 Å². The summed E-state index contributed by atoms with van der Waals surface area (Å²) in [6, 6.07) is 9.96. The van der Waals surface area contributed by atoms with Gasteiger partial charge in [0.25, 0.3) is 0 Å². The van der Waals surface area contributed by atoms with Crippen LogP contribution in [-0.2, 0) is 19.8 Å². The highest BCUT2D eigenvalue weighted by Gasteiger charge is 2.36. The third-order valence-electron chi connectivity index (χ3n) is 3.25. The van der Waals surface area contributed by atoms with Crippen molar-refractivity contribution in [1.29, 1.82) is 0 Å². The van der Waals surface area contributed by atoms with Gasteiger partial charge in [0, 0.05) is 49.6 Å². The van der Waals surface area contributed by atoms with E-state index in [0.29, 0.717) is 12.5 Å². The van der Waals surface area contributed by atoms with Crippen LogP contribution in [0, 0.1) is 0 Å². The number of nitrogens with zero attached hydrogens (tertiary/aromatic N) is 3. The molecule has 0 bridgehead atoms. The Hall–Kier alpha value is -2.16. The van der Waals surface area contributed by atoms with Crippen LogP contribution in [0.3, 0.4) is 0 Å². The topological polar surface area (TPSA) is 54.2 Å². The van der Waals surface area contributed by atoms with Gasteiger partial charge in [-0.15, -0.1) is 11.8 Å². The van der Waals surface area contributed by atoms with Gasteiger partial charge in [0.15, 0.2) is 11.7 Å². The minimum Gasteiger partial charge on any atom is -0.356 e. The average molecular weight is 371 g/mol. The molecule has 25 heavy (non-hydrogen) atoms. The number of aryl methyl sites for hydroxylation is 1. The molecule has 2 aromatic rings. The molecule has 1 aromatic heterocycles. The lowest BCUT2D eigenvalue weighted by Crippen LogP contribution is -2.38. The van der Waals surface area contributed by atoms with Crippen LogP contribution < -0.4 is 10.6 Å². The lowest BCUT2D eigenvalue weighted by atomic mass is 10.2. The molecule has 136 valence electrons. The minimum atomic E-state index is -4.47. The lowest BCUT2D eigenvalue weighted by molar-refractivity contribution is -0.142. The molecule has 0 aliphatic heterocycles. The van der Waals surface area contributed by atoms with Crippen molar-refractivity contribution in [3.63, 3.8) is 0 Å². The van der Waals surface area contributed by atoms with Gasteiger partial charge in [0.2, 0.25) is 0 Å². The van der Waals surface area contributed by atoms with E-state index in [0.717, 1.165) is 15.3 Å². The summed E-state index contributed by atoms with van der Waals surface area (Å²) >= 11 is 1.69. The highest BCUT2D eigenvalue weighted by atomic mass is 32.2. The number of rotatable bonds is 6. The predicted molar refractivity (Wildman–Crippen MR) is 93.6 cm³/mol. The van der Waals surface area contributed by atoms with E-state index in [2.05, 4.69) is 20.7 Å². The van der Waals surface area contributed by atoms with Gasteiger partial charge in [-0.1, -0.05) is 18.2 Å². The highest BCUT2D eigenvalue weighted by Crippen LogP contribution is 2.30. The standard InChI is InChI=1S/C16H20F3N5S/c1-20-15(21-8-9-25-13-6-4-3-5-7-13)22-10-12-11-24(2)23-14(12)16(17,18)19/h3-7,11H,8-10H2,1-2H3,(H2,20,21,22). The molecule has 0 spiro atoms. The van der Waals surface area contributed by atoms with E-state index in [-0.39, 0.29) is 12.1 Å².